The lowest BCUT2D eigenvalue weighted by atomic mass is 9.97. The molecule has 0 fully saturated rings. The van der Waals surface area contributed by atoms with Crippen molar-refractivity contribution in [1.82, 2.24) is 9.55 Å². The average Bonchev–Trinajstić information content (AvgIpc) is 2.86. The quantitative estimate of drug-likeness (QED) is 0.905. The van der Waals surface area contributed by atoms with Gasteiger partial charge in [0.1, 0.15) is 17.7 Å². The third-order valence-corrected chi connectivity index (χ3v) is 3.46. The minimum atomic E-state index is -0.644. The normalized spacial score (nSPS) is 21.8. The molecule has 0 spiro atoms. The Morgan fingerprint density at radius 2 is 2.37 bits per heavy atom. The van der Waals surface area contributed by atoms with Crippen LogP contribution in [0.3, 0.4) is 0 Å². The zero-order chi connectivity index (χ0) is 13.4. The van der Waals surface area contributed by atoms with Crippen LogP contribution in [0, 0.1) is 5.82 Å². The number of rotatable bonds is 2. The summed E-state index contributed by atoms with van der Waals surface area (Å²) in [5, 5.41) is 10.2. The molecule has 0 aliphatic carbocycles. The molecular formula is C14H15FN2O2. The summed E-state index contributed by atoms with van der Waals surface area (Å²) in [5.74, 6) is 0.0446. The number of halogens is 1. The van der Waals surface area contributed by atoms with Gasteiger partial charge in [-0.05, 0) is 19.1 Å². The maximum atomic E-state index is 13.3. The minimum absolute atomic E-state index is 0.299. The predicted molar refractivity (Wildman–Crippen MR) is 67.2 cm³/mol. The van der Waals surface area contributed by atoms with E-state index in [-0.39, 0.29) is 11.9 Å². The van der Waals surface area contributed by atoms with Crippen molar-refractivity contribution in [3.63, 3.8) is 0 Å². The van der Waals surface area contributed by atoms with Crippen molar-refractivity contribution in [2.45, 2.75) is 32.1 Å². The van der Waals surface area contributed by atoms with Crippen LogP contribution in [0.25, 0.3) is 0 Å². The first kappa shape index (κ1) is 12.2. The van der Waals surface area contributed by atoms with Crippen molar-refractivity contribution < 1.29 is 14.2 Å². The highest BCUT2D eigenvalue weighted by Crippen LogP contribution is 2.40. The third kappa shape index (κ3) is 2.10. The lowest BCUT2D eigenvalue weighted by Crippen LogP contribution is -2.21. The lowest BCUT2D eigenvalue weighted by molar-refractivity contribution is 0.0616. The third-order valence-electron chi connectivity index (χ3n) is 3.46. The van der Waals surface area contributed by atoms with E-state index in [2.05, 4.69) is 4.98 Å². The molecule has 19 heavy (non-hydrogen) atoms. The molecule has 3 rings (SSSR count). The van der Waals surface area contributed by atoms with Gasteiger partial charge in [0.25, 0.3) is 0 Å². The van der Waals surface area contributed by atoms with E-state index in [1.165, 1.54) is 12.1 Å². The first-order chi connectivity index (χ1) is 9.19. The molecule has 0 saturated heterocycles. The Labute approximate surface area is 110 Å². The summed E-state index contributed by atoms with van der Waals surface area (Å²) in [6.07, 6.45) is 2.96. The maximum absolute atomic E-state index is 13.3. The molecule has 0 radical (unpaired) electrons. The van der Waals surface area contributed by atoms with Gasteiger partial charge in [0.2, 0.25) is 0 Å². The molecule has 1 aliphatic heterocycles. The second-order valence-electron chi connectivity index (χ2n) is 4.64. The van der Waals surface area contributed by atoms with Gasteiger partial charge in [-0.3, -0.25) is 0 Å². The number of hydrogen-bond acceptors (Lipinski definition) is 3. The molecule has 2 heterocycles. The lowest BCUT2D eigenvalue weighted by Gasteiger charge is -2.30. The predicted octanol–water partition coefficient (Wildman–Crippen LogP) is 2.60. The highest BCUT2D eigenvalue weighted by atomic mass is 19.1. The molecule has 0 amide bonds. The van der Waals surface area contributed by atoms with Crippen LogP contribution in [0.15, 0.2) is 30.7 Å². The number of fused-ring (bicyclic) bond motifs is 1. The number of benzene rings is 1. The summed E-state index contributed by atoms with van der Waals surface area (Å²) in [6, 6.07) is 4.22. The summed E-state index contributed by atoms with van der Waals surface area (Å²) in [7, 11) is 0. The molecule has 5 heteroatoms. The molecule has 1 aromatic heterocycles. The van der Waals surface area contributed by atoms with Gasteiger partial charge < -0.3 is 14.4 Å². The van der Waals surface area contributed by atoms with Crippen molar-refractivity contribution in [2.24, 2.45) is 0 Å². The fourth-order valence-corrected chi connectivity index (χ4v) is 2.46. The SMILES string of the molecule is CCn1cncc1C1CC(O)c2ccc(F)cc2O1. The molecule has 1 N–H and O–H groups in total. The van der Waals surface area contributed by atoms with Crippen LogP contribution in [-0.4, -0.2) is 14.7 Å². The first-order valence-corrected chi connectivity index (χ1v) is 6.33. The van der Waals surface area contributed by atoms with E-state index in [0.29, 0.717) is 17.7 Å². The Hall–Kier alpha value is -1.88. The number of aryl methyl sites for hydroxylation is 1. The molecule has 2 unspecified atom stereocenters. The van der Waals surface area contributed by atoms with Gasteiger partial charge in [-0.25, -0.2) is 9.37 Å². The zero-order valence-electron chi connectivity index (χ0n) is 10.6. The van der Waals surface area contributed by atoms with Gasteiger partial charge in [-0.1, -0.05) is 0 Å². The Morgan fingerprint density at radius 3 is 3.16 bits per heavy atom. The van der Waals surface area contributed by atoms with E-state index in [1.54, 1.807) is 18.6 Å². The summed E-state index contributed by atoms with van der Waals surface area (Å²) in [6.45, 7) is 2.79. The molecule has 2 aromatic rings. The highest BCUT2D eigenvalue weighted by Gasteiger charge is 2.30. The molecule has 1 aliphatic rings. The molecule has 0 saturated carbocycles. The van der Waals surface area contributed by atoms with Crippen LogP contribution in [-0.2, 0) is 6.54 Å². The van der Waals surface area contributed by atoms with E-state index in [0.717, 1.165) is 12.2 Å². The fourth-order valence-electron chi connectivity index (χ4n) is 2.46. The first-order valence-electron chi connectivity index (χ1n) is 6.33. The van der Waals surface area contributed by atoms with Crippen LogP contribution >= 0.6 is 0 Å². The number of aliphatic hydroxyl groups is 1. The van der Waals surface area contributed by atoms with Crippen molar-refractivity contribution in [3.8, 4) is 5.75 Å². The van der Waals surface area contributed by atoms with Crippen LogP contribution in [0.1, 0.15) is 36.8 Å². The van der Waals surface area contributed by atoms with Crippen molar-refractivity contribution in [1.29, 1.82) is 0 Å². The fraction of sp³-hybridized carbons (Fsp3) is 0.357. The minimum Gasteiger partial charge on any atom is -0.484 e. The van der Waals surface area contributed by atoms with Crippen LogP contribution in [0.4, 0.5) is 4.39 Å². The Bertz CT molecular complexity index is 597. The summed E-state index contributed by atoms with van der Waals surface area (Å²) >= 11 is 0. The summed E-state index contributed by atoms with van der Waals surface area (Å²) in [4.78, 5) is 4.09. The molecule has 100 valence electrons. The maximum Gasteiger partial charge on any atom is 0.143 e. The van der Waals surface area contributed by atoms with Gasteiger partial charge in [0, 0.05) is 24.6 Å². The smallest absolute Gasteiger partial charge is 0.143 e. The van der Waals surface area contributed by atoms with Gasteiger partial charge in [-0.15, -0.1) is 0 Å². The van der Waals surface area contributed by atoms with Gasteiger partial charge in [0.15, 0.2) is 0 Å². The molecule has 0 bridgehead atoms. The van der Waals surface area contributed by atoms with E-state index >= 15 is 0 Å². The molecular weight excluding hydrogens is 247 g/mol. The molecule has 2 atom stereocenters. The number of aliphatic hydroxyl groups excluding tert-OH is 1. The summed E-state index contributed by atoms with van der Waals surface area (Å²) < 4.78 is 21.0. The zero-order valence-corrected chi connectivity index (χ0v) is 10.6. The Balaban J connectivity index is 1.96. The van der Waals surface area contributed by atoms with Crippen molar-refractivity contribution >= 4 is 0 Å². The van der Waals surface area contributed by atoms with Gasteiger partial charge in [-0.2, -0.15) is 0 Å². The van der Waals surface area contributed by atoms with E-state index < -0.39 is 6.10 Å². The number of nitrogens with zero attached hydrogens (tertiary/aromatic N) is 2. The van der Waals surface area contributed by atoms with E-state index in [1.807, 2.05) is 11.5 Å². The van der Waals surface area contributed by atoms with Gasteiger partial charge in [0.05, 0.1) is 24.3 Å². The van der Waals surface area contributed by atoms with Crippen LogP contribution in [0.5, 0.6) is 5.75 Å². The second kappa shape index (κ2) is 4.66. The highest BCUT2D eigenvalue weighted by molar-refractivity contribution is 5.38. The largest absolute Gasteiger partial charge is 0.484 e. The van der Waals surface area contributed by atoms with Gasteiger partial charge >= 0.3 is 0 Å². The summed E-state index contributed by atoms with van der Waals surface area (Å²) in [5.41, 5.74) is 1.54. The Kier molecular flexibility index (Phi) is 2.98. The van der Waals surface area contributed by atoms with Crippen molar-refractivity contribution in [2.75, 3.05) is 0 Å². The number of aromatic nitrogens is 2. The Morgan fingerprint density at radius 1 is 1.53 bits per heavy atom. The number of hydrogen-bond donors (Lipinski definition) is 1. The topological polar surface area (TPSA) is 47.3 Å². The van der Waals surface area contributed by atoms with Crippen molar-refractivity contribution in [3.05, 3.63) is 47.8 Å². The number of imidazole rings is 1. The average molecular weight is 262 g/mol. The molecule has 1 aromatic carbocycles. The van der Waals surface area contributed by atoms with E-state index in [9.17, 15) is 9.50 Å². The standard InChI is InChI=1S/C14H15FN2O2/c1-2-17-8-16-7-11(17)14-6-12(18)10-4-3-9(15)5-13(10)19-14/h3-5,7-8,12,14,18H,2,6H2,1H3. The van der Waals surface area contributed by atoms with E-state index in [4.69, 9.17) is 4.74 Å². The van der Waals surface area contributed by atoms with Crippen LogP contribution < -0.4 is 4.74 Å². The van der Waals surface area contributed by atoms with Crippen LogP contribution in [0.2, 0.25) is 0 Å². The monoisotopic (exact) mass is 262 g/mol. The molecule has 4 nitrogen and oxygen atoms in total. The number of ether oxygens (including phenoxy) is 1. The second-order valence-corrected chi connectivity index (χ2v) is 4.64.